The summed E-state index contributed by atoms with van der Waals surface area (Å²) in [5.74, 6) is 0.181. The molecule has 1 amide bonds. The molecule has 106 valence electrons. The first-order chi connectivity index (χ1) is 8.13. The van der Waals surface area contributed by atoms with Gasteiger partial charge in [-0.15, -0.1) is 12.4 Å². The molecule has 0 saturated carbocycles. The number of rotatable bonds is 2. The van der Waals surface area contributed by atoms with Crippen molar-refractivity contribution >= 4 is 18.3 Å². The van der Waals surface area contributed by atoms with Crippen LogP contribution in [0.25, 0.3) is 0 Å². The van der Waals surface area contributed by atoms with E-state index in [0.29, 0.717) is 18.6 Å². The molecule has 2 unspecified atom stereocenters. The molecule has 2 N–H and O–H groups in total. The molecule has 5 heteroatoms. The summed E-state index contributed by atoms with van der Waals surface area (Å²) in [5.41, 5.74) is 5.58. The summed E-state index contributed by atoms with van der Waals surface area (Å²) in [6.07, 6.45) is 5.04. The third-order valence-corrected chi connectivity index (χ3v) is 4.09. The highest BCUT2D eigenvalue weighted by molar-refractivity contribution is 5.85. The molecule has 4 nitrogen and oxygen atoms in total. The Kier molecular flexibility index (Phi) is 5.89. The molecule has 0 aliphatic carbocycles. The Labute approximate surface area is 116 Å². The van der Waals surface area contributed by atoms with Crippen molar-refractivity contribution in [3.63, 3.8) is 0 Å². The van der Waals surface area contributed by atoms with Crippen molar-refractivity contribution in [2.75, 3.05) is 6.54 Å². The van der Waals surface area contributed by atoms with E-state index in [1.54, 1.807) is 0 Å². The first-order valence-electron chi connectivity index (χ1n) is 6.81. The number of carbonyl (C=O) groups excluding carboxylic acids is 1. The van der Waals surface area contributed by atoms with Crippen molar-refractivity contribution < 1.29 is 9.53 Å². The fraction of sp³-hybridized carbons (Fsp3) is 0.923. The van der Waals surface area contributed by atoms with E-state index in [-0.39, 0.29) is 30.5 Å². The predicted molar refractivity (Wildman–Crippen MR) is 73.8 cm³/mol. The minimum atomic E-state index is -0.244. The zero-order valence-corrected chi connectivity index (χ0v) is 12.1. The minimum absolute atomic E-state index is 0. The van der Waals surface area contributed by atoms with Gasteiger partial charge in [0.25, 0.3) is 5.91 Å². The molecule has 0 aromatic rings. The Bertz CT molecular complexity index is 278. The lowest BCUT2D eigenvalue weighted by Gasteiger charge is -2.40. The van der Waals surface area contributed by atoms with E-state index in [1.807, 2.05) is 4.90 Å². The topological polar surface area (TPSA) is 55.6 Å². The maximum Gasteiger partial charge on any atom is 0.252 e. The highest BCUT2D eigenvalue weighted by Gasteiger charge is 2.37. The predicted octanol–water partition coefficient (Wildman–Crippen LogP) is 1.70. The molecule has 2 fully saturated rings. The van der Waals surface area contributed by atoms with Crippen LogP contribution in [0.3, 0.4) is 0 Å². The number of ether oxygens (including phenoxy) is 1. The van der Waals surface area contributed by atoms with Crippen LogP contribution in [0.5, 0.6) is 0 Å². The lowest BCUT2D eigenvalue weighted by atomic mass is 9.96. The van der Waals surface area contributed by atoms with E-state index in [2.05, 4.69) is 13.8 Å². The highest BCUT2D eigenvalue weighted by Crippen LogP contribution is 2.27. The van der Waals surface area contributed by atoms with Crippen LogP contribution in [0.15, 0.2) is 0 Å². The van der Waals surface area contributed by atoms with Crippen LogP contribution in [0, 0.1) is 0 Å². The maximum atomic E-state index is 12.4. The molecule has 2 rings (SSSR count). The Morgan fingerprint density at radius 2 is 1.83 bits per heavy atom. The maximum absolute atomic E-state index is 12.4. The van der Waals surface area contributed by atoms with Gasteiger partial charge in [-0.25, -0.2) is 0 Å². The van der Waals surface area contributed by atoms with Crippen molar-refractivity contribution in [2.45, 2.75) is 70.2 Å². The van der Waals surface area contributed by atoms with Gasteiger partial charge in [-0.05, 0) is 46.0 Å². The summed E-state index contributed by atoms with van der Waals surface area (Å²) in [6, 6.07) is 0.707. The number of hydrogen-bond donors (Lipinski definition) is 1. The molecular formula is C13H25ClN2O2. The third kappa shape index (κ3) is 3.16. The second-order valence-electron chi connectivity index (χ2n) is 5.43. The van der Waals surface area contributed by atoms with E-state index >= 15 is 0 Å². The van der Waals surface area contributed by atoms with Crippen molar-refractivity contribution in [1.29, 1.82) is 0 Å². The SMILES string of the molecule is CC1CCCC(C)N1C(=O)[C@@H]1CC[C@H](CN)O1.Cl. The zero-order valence-electron chi connectivity index (χ0n) is 11.3. The Morgan fingerprint density at radius 3 is 2.33 bits per heavy atom. The number of amides is 1. The van der Waals surface area contributed by atoms with Crippen LogP contribution in [-0.2, 0) is 9.53 Å². The highest BCUT2D eigenvalue weighted by atomic mass is 35.5. The summed E-state index contributed by atoms with van der Waals surface area (Å²) in [6.45, 7) is 4.81. The Morgan fingerprint density at radius 1 is 1.22 bits per heavy atom. The first-order valence-corrected chi connectivity index (χ1v) is 6.81. The number of hydrogen-bond acceptors (Lipinski definition) is 3. The fourth-order valence-electron chi connectivity index (χ4n) is 3.08. The van der Waals surface area contributed by atoms with Gasteiger partial charge in [0, 0.05) is 18.6 Å². The number of nitrogens with two attached hydrogens (primary N) is 1. The van der Waals surface area contributed by atoms with Gasteiger partial charge in [0.1, 0.15) is 6.10 Å². The molecular weight excluding hydrogens is 252 g/mol. The fourth-order valence-corrected chi connectivity index (χ4v) is 3.08. The van der Waals surface area contributed by atoms with Gasteiger partial charge in [0.05, 0.1) is 6.10 Å². The van der Waals surface area contributed by atoms with Gasteiger partial charge in [-0.3, -0.25) is 4.79 Å². The molecule has 0 aromatic carbocycles. The molecule has 2 aliphatic heterocycles. The monoisotopic (exact) mass is 276 g/mol. The van der Waals surface area contributed by atoms with E-state index in [1.165, 1.54) is 6.42 Å². The molecule has 18 heavy (non-hydrogen) atoms. The van der Waals surface area contributed by atoms with Crippen LogP contribution in [-0.4, -0.2) is 41.6 Å². The molecule has 0 radical (unpaired) electrons. The van der Waals surface area contributed by atoms with Gasteiger partial charge < -0.3 is 15.4 Å². The van der Waals surface area contributed by atoms with Gasteiger partial charge >= 0.3 is 0 Å². The Balaban J connectivity index is 0.00000162. The largest absolute Gasteiger partial charge is 0.364 e. The lowest BCUT2D eigenvalue weighted by Crippen LogP contribution is -2.51. The quantitative estimate of drug-likeness (QED) is 0.835. The van der Waals surface area contributed by atoms with Crippen molar-refractivity contribution in [3.05, 3.63) is 0 Å². The van der Waals surface area contributed by atoms with E-state index in [0.717, 1.165) is 25.7 Å². The van der Waals surface area contributed by atoms with E-state index in [9.17, 15) is 4.79 Å². The van der Waals surface area contributed by atoms with E-state index < -0.39 is 0 Å². The van der Waals surface area contributed by atoms with Crippen LogP contribution < -0.4 is 5.73 Å². The average Bonchev–Trinajstić information content (AvgIpc) is 2.77. The van der Waals surface area contributed by atoms with Crippen LogP contribution in [0.1, 0.15) is 46.0 Å². The average molecular weight is 277 g/mol. The summed E-state index contributed by atoms with van der Waals surface area (Å²) in [4.78, 5) is 14.5. The van der Waals surface area contributed by atoms with Gasteiger partial charge in [0.2, 0.25) is 0 Å². The molecule has 2 heterocycles. The second-order valence-corrected chi connectivity index (χ2v) is 5.43. The van der Waals surface area contributed by atoms with Crippen molar-refractivity contribution in [3.8, 4) is 0 Å². The first kappa shape index (κ1) is 15.7. The van der Waals surface area contributed by atoms with Crippen molar-refractivity contribution in [1.82, 2.24) is 4.90 Å². The van der Waals surface area contributed by atoms with Gasteiger partial charge in [0.15, 0.2) is 0 Å². The minimum Gasteiger partial charge on any atom is -0.364 e. The molecule has 4 atom stereocenters. The number of halogens is 1. The smallest absolute Gasteiger partial charge is 0.252 e. The number of likely N-dealkylation sites (tertiary alicyclic amines) is 1. The molecule has 0 spiro atoms. The molecule has 0 aromatic heterocycles. The number of nitrogens with zero attached hydrogens (tertiary/aromatic N) is 1. The van der Waals surface area contributed by atoms with Crippen molar-refractivity contribution in [2.24, 2.45) is 5.73 Å². The normalized spacial score (nSPS) is 36.3. The van der Waals surface area contributed by atoms with Crippen LogP contribution in [0.2, 0.25) is 0 Å². The molecule has 2 saturated heterocycles. The second kappa shape index (κ2) is 6.73. The van der Waals surface area contributed by atoms with Gasteiger partial charge in [-0.2, -0.15) is 0 Å². The number of piperidine rings is 1. The molecule has 0 bridgehead atoms. The van der Waals surface area contributed by atoms with Gasteiger partial charge in [-0.1, -0.05) is 0 Å². The van der Waals surface area contributed by atoms with Crippen LogP contribution in [0.4, 0.5) is 0 Å². The Hall–Kier alpha value is -0.320. The summed E-state index contributed by atoms with van der Waals surface area (Å²) < 4.78 is 5.71. The molecule has 2 aliphatic rings. The summed E-state index contributed by atoms with van der Waals surface area (Å²) >= 11 is 0. The zero-order chi connectivity index (χ0) is 12.4. The summed E-state index contributed by atoms with van der Waals surface area (Å²) in [5, 5.41) is 0. The third-order valence-electron chi connectivity index (χ3n) is 4.09. The standard InChI is InChI=1S/C13H24N2O2.ClH/c1-9-4-3-5-10(2)15(9)13(16)12-7-6-11(8-14)17-12;/h9-12H,3-8,14H2,1-2H3;1H/t9?,10?,11-,12+;/m1./s1. The van der Waals surface area contributed by atoms with Crippen LogP contribution >= 0.6 is 12.4 Å². The summed E-state index contributed by atoms with van der Waals surface area (Å²) in [7, 11) is 0. The number of carbonyl (C=O) groups is 1. The van der Waals surface area contributed by atoms with E-state index in [4.69, 9.17) is 10.5 Å². The lowest BCUT2D eigenvalue weighted by molar-refractivity contribution is -0.149.